The van der Waals surface area contributed by atoms with Crippen molar-refractivity contribution < 1.29 is 21.6 Å². The van der Waals surface area contributed by atoms with Gasteiger partial charge in [-0.05, 0) is 60.4 Å². The van der Waals surface area contributed by atoms with Gasteiger partial charge in [0.05, 0.1) is 6.20 Å². The molecule has 1 aliphatic carbocycles. The fourth-order valence-corrected chi connectivity index (χ4v) is 6.69. The SMILES string of the molecule is Cc1cc(Nc2ccc(F)cc2)c(C=N)cc1[C@@H]1CN(S(=O)(=O)c2cnn(C)n2)CCN1CC1CC(F)(F)C1. The molecule has 5 rings (SSSR count). The molecule has 2 aromatic carbocycles. The third kappa shape index (κ3) is 5.70. The molecule has 1 atom stereocenters. The summed E-state index contributed by atoms with van der Waals surface area (Å²) in [5, 5.41) is 19.0. The number of alkyl halides is 2. The van der Waals surface area contributed by atoms with Gasteiger partial charge in [0.2, 0.25) is 10.9 Å². The second-order valence-electron chi connectivity index (χ2n) is 10.2. The van der Waals surface area contributed by atoms with E-state index in [1.165, 1.54) is 40.7 Å². The van der Waals surface area contributed by atoms with Crippen LogP contribution in [0.2, 0.25) is 0 Å². The van der Waals surface area contributed by atoms with Crippen molar-refractivity contribution in [1.82, 2.24) is 24.2 Å². The molecule has 1 aromatic heterocycles. The molecule has 1 saturated heterocycles. The molecule has 1 saturated carbocycles. The van der Waals surface area contributed by atoms with Gasteiger partial charge in [0, 0.05) is 75.3 Å². The van der Waals surface area contributed by atoms with Crippen LogP contribution in [0.1, 0.15) is 35.6 Å². The molecule has 3 aromatic rings. The van der Waals surface area contributed by atoms with E-state index in [4.69, 9.17) is 5.41 Å². The first-order valence-corrected chi connectivity index (χ1v) is 14.1. The number of rotatable bonds is 8. The van der Waals surface area contributed by atoms with Crippen LogP contribution < -0.4 is 5.32 Å². The number of nitrogens with one attached hydrogen (secondary N) is 2. The summed E-state index contributed by atoms with van der Waals surface area (Å²) in [5.74, 6) is -3.18. The van der Waals surface area contributed by atoms with Crippen LogP contribution in [0, 0.1) is 24.1 Å². The van der Waals surface area contributed by atoms with Crippen molar-refractivity contribution in [3.8, 4) is 0 Å². The molecular weight excluding hydrogens is 531 g/mol. The van der Waals surface area contributed by atoms with Crippen molar-refractivity contribution in [2.24, 2.45) is 13.0 Å². The van der Waals surface area contributed by atoms with Crippen LogP contribution in [0.3, 0.4) is 0 Å². The van der Waals surface area contributed by atoms with E-state index in [0.717, 1.165) is 11.1 Å². The van der Waals surface area contributed by atoms with Crippen molar-refractivity contribution in [2.45, 2.75) is 36.8 Å². The van der Waals surface area contributed by atoms with E-state index >= 15 is 0 Å². The Balaban J connectivity index is 1.47. The normalized spacial score (nSPS) is 20.5. The average Bonchev–Trinajstić information content (AvgIpc) is 3.32. The molecule has 0 bridgehead atoms. The summed E-state index contributed by atoms with van der Waals surface area (Å²) in [6.07, 6.45) is 2.05. The second kappa shape index (κ2) is 10.4. The van der Waals surface area contributed by atoms with Gasteiger partial charge >= 0.3 is 0 Å². The molecule has 9 nitrogen and oxygen atoms in total. The first-order valence-electron chi connectivity index (χ1n) is 12.6. The Hall–Kier alpha value is -3.29. The van der Waals surface area contributed by atoms with E-state index in [2.05, 4.69) is 20.4 Å². The summed E-state index contributed by atoms with van der Waals surface area (Å²) in [5.41, 5.74) is 3.51. The highest BCUT2D eigenvalue weighted by atomic mass is 32.2. The molecule has 13 heteroatoms. The van der Waals surface area contributed by atoms with Gasteiger partial charge in [-0.3, -0.25) is 4.90 Å². The third-order valence-electron chi connectivity index (χ3n) is 7.38. The van der Waals surface area contributed by atoms with Gasteiger partial charge in [-0.2, -0.15) is 14.2 Å². The zero-order chi connectivity index (χ0) is 27.9. The maximum Gasteiger partial charge on any atom is 0.264 e. The Morgan fingerprint density at radius 3 is 2.51 bits per heavy atom. The molecule has 208 valence electrons. The zero-order valence-corrected chi connectivity index (χ0v) is 22.4. The largest absolute Gasteiger partial charge is 0.355 e. The molecule has 2 N–H and O–H groups in total. The highest BCUT2D eigenvalue weighted by Gasteiger charge is 2.47. The van der Waals surface area contributed by atoms with E-state index in [0.29, 0.717) is 30.0 Å². The number of anilines is 2. The molecule has 39 heavy (non-hydrogen) atoms. The third-order valence-corrected chi connectivity index (χ3v) is 9.11. The highest BCUT2D eigenvalue weighted by molar-refractivity contribution is 7.89. The van der Waals surface area contributed by atoms with Crippen molar-refractivity contribution in [1.29, 1.82) is 5.41 Å². The van der Waals surface area contributed by atoms with Gasteiger partial charge in [-0.25, -0.2) is 21.6 Å². The van der Waals surface area contributed by atoms with Gasteiger partial charge in [0.15, 0.2) is 0 Å². The topological polar surface area (TPSA) is 107 Å². The zero-order valence-electron chi connectivity index (χ0n) is 21.6. The minimum atomic E-state index is -3.92. The van der Waals surface area contributed by atoms with E-state index in [-0.39, 0.29) is 42.7 Å². The lowest BCUT2D eigenvalue weighted by Gasteiger charge is -2.45. The quantitative estimate of drug-likeness (QED) is 0.401. The maximum absolute atomic E-state index is 13.6. The summed E-state index contributed by atoms with van der Waals surface area (Å²) in [4.78, 5) is 3.26. The number of hydrogen-bond acceptors (Lipinski definition) is 7. The number of benzene rings is 2. The fourth-order valence-electron chi connectivity index (χ4n) is 5.37. The van der Waals surface area contributed by atoms with Crippen LogP contribution in [-0.4, -0.2) is 70.9 Å². The van der Waals surface area contributed by atoms with Gasteiger partial charge in [0.1, 0.15) is 5.82 Å². The number of aromatic nitrogens is 3. The lowest BCUT2D eigenvalue weighted by Crippen LogP contribution is -2.53. The summed E-state index contributed by atoms with van der Waals surface area (Å²) in [7, 11) is -2.38. The Morgan fingerprint density at radius 2 is 1.90 bits per heavy atom. The van der Waals surface area contributed by atoms with Crippen LogP contribution in [0.5, 0.6) is 0 Å². The Kier molecular flexibility index (Phi) is 7.25. The molecular formula is C26H30F3N7O2S. The van der Waals surface area contributed by atoms with Crippen LogP contribution in [-0.2, 0) is 17.1 Å². The average molecular weight is 562 g/mol. The monoisotopic (exact) mass is 561 g/mol. The number of nitrogens with zero attached hydrogens (tertiary/aromatic N) is 5. The Bertz CT molecular complexity index is 1470. The minimum absolute atomic E-state index is 0.102. The van der Waals surface area contributed by atoms with Gasteiger partial charge in [0.25, 0.3) is 10.0 Å². The summed E-state index contributed by atoms with van der Waals surface area (Å²) >= 11 is 0. The molecule has 1 aliphatic heterocycles. The number of aryl methyl sites for hydroxylation is 2. The smallest absolute Gasteiger partial charge is 0.264 e. The van der Waals surface area contributed by atoms with Crippen LogP contribution in [0.25, 0.3) is 0 Å². The Morgan fingerprint density at radius 1 is 1.18 bits per heavy atom. The van der Waals surface area contributed by atoms with Crippen molar-refractivity contribution in [2.75, 3.05) is 31.5 Å². The van der Waals surface area contributed by atoms with Gasteiger partial charge < -0.3 is 10.7 Å². The predicted octanol–water partition coefficient (Wildman–Crippen LogP) is 4.10. The summed E-state index contributed by atoms with van der Waals surface area (Å²) < 4.78 is 68.7. The first kappa shape index (κ1) is 27.3. The van der Waals surface area contributed by atoms with Gasteiger partial charge in [-0.1, -0.05) is 0 Å². The molecule has 0 amide bonds. The fraction of sp³-hybridized carbons (Fsp3) is 0.423. The molecule has 2 aliphatic rings. The standard InChI is InChI=1S/C26H30F3N7O2S/c1-17-9-23(32-21-5-3-20(27)4-6-21)19(13-30)10-22(17)24-16-36(39(37,38)25-14-31-34(2)33-25)8-7-35(24)15-18-11-26(28,29)12-18/h3-6,9-10,13-14,18,24,30,32H,7-8,11-12,15-16H2,1-2H3/t24-/m0/s1. The molecule has 0 spiro atoms. The second-order valence-corrected chi connectivity index (χ2v) is 12.1. The van der Waals surface area contributed by atoms with E-state index in [1.54, 1.807) is 12.1 Å². The van der Waals surface area contributed by atoms with Crippen LogP contribution in [0.15, 0.2) is 47.6 Å². The lowest BCUT2D eigenvalue weighted by atomic mass is 9.80. The van der Waals surface area contributed by atoms with Crippen molar-refractivity contribution in [3.63, 3.8) is 0 Å². The first-order chi connectivity index (χ1) is 18.4. The molecule has 2 heterocycles. The number of sulfonamides is 1. The Labute approximate surface area is 225 Å². The van der Waals surface area contributed by atoms with E-state index in [9.17, 15) is 21.6 Å². The molecule has 0 radical (unpaired) electrons. The number of hydrogen-bond donors (Lipinski definition) is 2. The molecule has 0 unspecified atom stereocenters. The summed E-state index contributed by atoms with van der Waals surface area (Å²) in [6.45, 7) is 2.98. The number of halogens is 3. The highest BCUT2D eigenvalue weighted by Crippen LogP contribution is 2.44. The van der Waals surface area contributed by atoms with Crippen molar-refractivity contribution in [3.05, 3.63) is 65.1 Å². The predicted molar refractivity (Wildman–Crippen MR) is 140 cm³/mol. The van der Waals surface area contributed by atoms with Gasteiger partial charge in [-0.15, -0.1) is 5.10 Å². The lowest BCUT2D eigenvalue weighted by molar-refractivity contribution is -0.120. The molecule has 2 fully saturated rings. The maximum atomic E-state index is 13.6. The number of piperazine rings is 1. The minimum Gasteiger partial charge on any atom is -0.355 e. The van der Waals surface area contributed by atoms with Crippen LogP contribution in [0.4, 0.5) is 24.5 Å². The van der Waals surface area contributed by atoms with Crippen LogP contribution >= 0.6 is 0 Å². The van der Waals surface area contributed by atoms with E-state index < -0.39 is 22.0 Å². The van der Waals surface area contributed by atoms with Crippen molar-refractivity contribution >= 4 is 27.6 Å². The summed E-state index contributed by atoms with van der Waals surface area (Å²) in [6, 6.07) is 9.15. The van der Waals surface area contributed by atoms with E-state index in [1.807, 2.05) is 19.1 Å².